The molecule has 0 amide bonds. The van der Waals surface area contributed by atoms with Crippen molar-refractivity contribution in [2.45, 2.75) is 26.2 Å². The fourth-order valence-electron chi connectivity index (χ4n) is 0.735. The van der Waals surface area contributed by atoms with Gasteiger partial charge in [-0.25, -0.2) is 0 Å². The lowest BCUT2D eigenvalue weighted by molar-refractivity contribution is 0.568. The molecule has 1 radical (unpaired) electrons. The minimum Gasteiger partial charge on any atom is -0.260 e. The van der Waals surface area contributed by atoms with Crippen LogP contribution in [0.5, 0.6) is 0 Å². The normalized spacial score (nSPS) is 11.5. The van der Waals surface area contributed by atoms with E-state index in [4.69, 9.17) is 0 Å². The zero-order valence-electron chi connectivity index (χ0n) is 6.68. The molecule has 0 N–H and O–H groups in total. The SMILES string of the molecule is CC(C)(C)c1[c]cccn1. The summed E-state index contributed by atoms with van der Waals surface area (Å²) in [5, 5.41) is 0. The van der Waals surface area contributed by atoms with Gasteiger partial charge in [0.25, 0.3) is 0 Å². The maximum absolute atomic E-state index is 4.19. The number of hydrogen-bond donors (Lipinski definition) is 0. The second-order valence-electron chi connectivity index (χ2n) is 3.38. The molecule has 0 aliphatic heterocycles. The summed E-state index contributed by atoms with van der Waals surface area (Å²) in [6.07, 6.45) is 1.80. The third kappa shape index (κ3) is 1.56. The predicted octanol–water partition coefficient (Wildman–Crippen LogP) is 2.18. The molecule has 0 aliphatic rings. The smallest absolute Gasteiger partial charge is 0.0535 e. The Labute approximate surface area is 62.1 Å². The summed E-state index contributed by atoms with van der Waals surface area (Å²) in [6.45, 7) is 6.39. The highest BCUT2D eigenvalue weighted by molar-refractivity contribution is 5.10. The van der Waals surface area contributed by atoms with Gasteiger partial charge in [-0.2, -0.15) is 0 Å². The van der Waals surface area contributed by atoms with Crippen LogP contribution in [0.1, 0.15) is 26.5 Å². The highest BCUT2D eigenvalue weighted by Crippen LogP contribution is 2.17. The first-order valence-corrected chi connectivity index (χ1v) is 3.44. The molecule has 0 bridgehead atoms. The molecule has 0 aliphatic carbocycles. The van der Waals surface area contributed by atoms with Crippen molar-refractivity contribution in [3.05, 3.63) is 30.1 Å². The molecular weight excluding hydrogens is 122 g/mol. The van der Waals surface area contributed by atoms with Crippen molar-refractivity contribution in [2.75, 3.05) is 0 Å². The van der Waals surface area contributed by atoms with Gasteiger partial charge in [0.05, 0.1) is 5.69 Å². The Morgan fingerprint density at radius 2 is 2.10 bits per heavy atom. The van der Waals surface area contributed by atoms with Crippen molar-refractivity contribution >= 4 is 0 Å². The second-order valence-corrected chi connectivity index (χ2v) is 3.38. The minimum absolute atomic E-state index is 0.126. The first kappa shape index (κ1) is 7.26. The van der Waals surface area contributed by atoms with Gasteiger partial charge in [0.2, 0.25) is 0 Å². The van der Waals surface area contributed by atoms with Crippen molar-refractivity contribution in [3.8, 4) is 0 Å². The van der Waals surface area contributed by atoms with Gasteiger partial charge in [-0.15, -0.1) is 0 Å². The zero-order chi connectivity index (χ0) is 7.61. The van der Waals surface area contributed by atoms with E-state index in [9.17, 15) is 0 Å². The van der Waals surface area contributed by atoms with E-state index in [-0.39, 0.29) is 5.41 Å². The summed E-state index contributed by atoms with van der Waals surface area (Å²) in [7, 11) is 0. The van der Waals surface area contributed by atoms with Gasteiger partial charge in [-0.1, -0.05) is 26.8 Å². The van der Waals surface area contributed by atoms with Gasteiger partial charge in [0, 0.05) is 17.7 Å². The van der Waals surface area contributed by atoms with Crippen molar-refractivity contribution in [2.24, 2.45) is 0 Å². The van der Waals surface area contributed by atoms with Crippen molar-refractivity contribution in [1.29, 1.82) is 0 Å². The van der Waals surface area contributed by atoms with Crippen LogP contribution >= 0.6 is 0 Å². The summed E-state index contributed by atoms with van der Waals surface area (Å²) in [5.74, 6) is 0. The van der Waals surface area contributed by atoms with Crippen LogP contribution < -0.4 is 0 Å². The maximum atomic E-state index is 4.19. The second kappa shape index (κ2) is 2.41. The predicted molar refractivity (Wildman–Crippen MR) is 41.8 cm³/mol. The highest BCUT2D eigenvalue weighted by Gasteiger charge is 2.13. The fraction of sp³-hybridized carbons (Fsp3) is 0.444. The Balaban J connectivity index is 2.97. The van der Waals surface area contributed by atoms with Crippen LogP contribution in [0.2, 0.25) is 0 Å². The lowest BCUT2D eigenvalue weighted by Gasteiger charge is -2.15. The average Bonchev–Trinajstić information content (AvgIpc) is 1.88. The summed E-state index contributed by atoms with van der Waals surface area (Å²) < 4.78 is 0. The van der Waals surface area contributed by atoms with E-state index in [1.54, 1.807) is 6.20 Å². The standard InChI is InChI=1S/C9H12N/c1-9(2,3)8-6-4-5-7-10-8/h4-5,7H,1-3H3. The molecule has 1 aromatic heterocycles. The molecule has 0 unspecified atom stereocenters. The maximum Gasteiger partial charge on any atom is 0.0535 e. The number of rotatable bonds is 0. The molecule has 0 saturated carbocycles. The lowest BCUT2D eigenvalue weighted by Crippen LogP contribution is -2.12. The van der Waals surface area contributed by atoms with Gasteiger partial charge in [0.1, 0.15) is 0 Å². The van der Waals surface area contributed by atoms with E-state index in [0.717, 1.165) is 5.69 Å². The first-order chi connectivity index (χ1) is 4.61. The number of pyridine rings is 1. The van der Waals surface area contributed by atoms with Crippen LogP contribution in [0.25, 0.3) is 0 Å². The first-order valence-electron chi connectivity index (χ1n) is 3.44. The van der Waals surface area contributed by atoms with Gasteiger partial charge in [-0.3, -0.25) is 4.98 Å². The van der Waals surface area contributed by atoms with Gasteiger partial charge in [-0.05, 0) is 6.07 Å². The topological polar surface area (TPSA) is 12.9 Å². The van der Waals surface area contributed by atoms with Crippen molar-refractivity contribution in [1.82, 2.24) is 4.98 Å². The van der Waals surface area contributed by atoms with Crippen LogP contribution in [0.15, 0.2) is 18.3 Å². The Kier molecular flexibility index (Phi) is 1.75. The quantitative estimate of drug-likeness (QED) is 0.530. The van der Waals surface area contributed by atoms with E-state index in [0.29, 0.717) is 0 Å². The largest absolute Gasteiger partial charge is 0.260 e. The zero-order valence-corrected chi connectivity index (χ0v) is 6.68. The number of nitrogens with zero attached hydrogens (tertiary/aromatic N) is 1. The molecule has 0 fully saturated rings. The van der Waals surface area contributed by atoms with Gasteiger partial charge >= 0.3 is 0 Å². The monoisotopic (exact) mass is 134 g/mol. The minimum atomic E-state index is 0.126. The Morgan fingerprint density at radius 1 is 1.40 bits per heavy atom. The highest BCUT2D eigenvalue weighted by atomic mass is 14.7. The van der Waals surface area contributed by atoms with Gasteiger partial charge in [0.15, 0.2) is 0 Å². The molecular formula is C9H12N. The molecule has 0 spiro atoms. The van der Waals surface area contributed by atoms with Crippen LogP contribution in [0.4, 0.5) is 0 Å². The Morgan fingerprint density at radius 3 is 2.40 bits per heavy atom. The van der Waals surface area contributed by atoms with E-state index < -0.39 is 0 Å². The molecule has 0 saturated heterocycles. The van der Waals surface area contributed by atoms with Crippen LogP contribution in [0, 0.1) is 6.07 Å². The average molecular weight is 134 g/mol. The molecule has 0 atom stereocenters. The van der Waals surface area contributed by atoms with Crippen molar-refractivity contribution in [3.63, 3.8) is 0 Å². The summed E-state index contributed by atoms with van der Waals surface area (Å²) in [6, 6.07) is 6.88. The third-order valence-corrected chi connectivity index (χ3v) is 1.32. The lowest BCUT2D eigenvalue weighted by atomic mass is 9.92. The van der Waals surface area contributed by atoms with Gasteiger partial charge < -0.3 is 0 Å². The van der Waals surface area contributed by atoms with Crippen LogP contribution in [-0.4, -0.2) is 4.98 Å². The van der Waals surface area contributed by atoms with Crippen molar-refractivity contribution < 1.29 is 0 Å². The molecule has 0 aromatic carbocycles. The van der Waals surface area contributed by atoms with E-state index in [1.807, 2.05) is 12.1 Å². The third-order valence-electron chi connectivity index (χ3n) is 1.32. The van der Waals surface area contributed by atoms with E-state index in [2.05, 4.69) is 31.8 Å². The molecule has 1 nitrogen and oxygen atoms in total. The molecule has 1 heteroatoms. The molecule has 1 rings (SSSR count). The fourth-order valence-corrected chi connectivity index (χ4v) is 0.735. The summed E-state index contributed by atoms with van der Waals surface area (Å²) >= 11 is 0. The van der Waals surface area contributed by atoms with E-state index in [1.165, 1.54) is 0 Å². The molecule has 10 heavy (non-hydrogen) atoms. The molecule has 1 aromatic rings. The summed E-state index contributed by atoms with van der Waals surface area (Å²) in [4.78, 5) is 4.19. The number of hydrogen-bond acceptors (Lipinski definition) is 1. The summed E-state index contributed by atoms with van der Waals surface area (Å²) in [5.41, 5.74) is 1.15. The number of aromatic nitrogens is 1. The molecule has 1 heterocycles. The molecule has 53 valence electrons. The van der Waals surface area contributed by atoms with E-state index >= 15 is 0 Å². The Hall–Kier alpha value is -0.850. The Bertz CT molecular complexity index is 196. The van der Waals surface area contributed by atoms with Crippen LogP contribution in [0.3, 0.4) is 0 Å². The van der Waals surface area contributed by atoms with Crippen LogP contribution in [-0.2, 0) is 5.41 Å².